The van der Waals surface area contributed by atoms with Gasteiger partial charge in [0.05, 0.1) is 25.6 Å². The average molecular weight is 329 g/mol. The number of aliphatic hydroxyl groups excluding tert-OH is 1. The van der Waals surface area contributed by atoms with E-state index in [9.17, 15) is 0 Å². The Bertz CT molecular complexity index is 686. The van der Waals surface area contributed by atoms with Crippen LogP contribution in [0.25, 0.3) is 11.3 Å². The first-order valence-electron chi connectivity index (χ1n) is 8.07. The van der Waals surface area contributed by atoms with Gasteiger partial charge < -0.3 is 20.5 Å². The summed E-state index contributed by atoms with van der Waals surface area (Å²) < 4.78 is 5.41. The first kappa shape index (κ1) is 16.5. The number of nitrogen functional groups attached to an aromatic ring is 1. The SMILES string of the molecule is COc1ccccc1-c1cnc(N)c(N2CCN(CCO)CC2)n1. The number of benzene rings is 1. The van der Waals surface area contributed by atoms with Crippen molar-refractivity contribution in [2.45, 2.75) is 0 Å². The molecule has 7 nitrogen and oxygen atoms in total. The summed E-state index contributed by atoms with van der Waals surface area (Å²) in [6.45, 7) is 4.27. The molecule has 1 aromatic carbocycles. The number of hydrogen-bond acceptors (Lipinski definition) is 7. The number of aromatic nitrogens is 2. The van der Waals surface area contributed by atoms with Crippen LogP contribution in [0, 0.1) is 0 Å². The minimum Gasteiger partial charge on any atom is -0.496 e. The zero-order valence-corrected chi connectivity index (χ0v) is 13.9. The Kier molecular flexibility index (Phi) is 5.12. The van der Waals surface area contributed by atoms with Crippen molar-refractivity contribution in [3.63, 3.8) is 0 Å². The van der Waals surface area contributed by atoms with E-state index in [2.05, 4.69) is 14.8 Å². The van der Waals surface area contributed by atoms with Gasteiger partial charge in [0, 0.05) is 38.3 Å². The molecule has 0 spiro atoms. The maximum Gasteiger partial charge on any atom is 0.172 e. The molecular formula is C17H23N5O2. The molecule has 1 aliphatic rings. The van der Waals surface area contributed by atoms with Gasteiger partial charge in [0.25, 0.3) is 0 Å². The number of aliphatic hydroxyl groups is 1. The molecule has 128 valence electrons. The van der Waals surface area contributed by atoms with Crippen molar-refractivity contribution in [2.24, 2.45) is 0 Å². The fourth-order valence-corrected chi connectivity index (χ4v) is 2.93. The lowest BCUT2D eigenvalue weighted by Crippen LogP contribution is -2.47. The molecule has 7 heteroatoms. The van der Waals surface area contributed by atoms with Gasteiger partial charge >= 0.3 is 0 Å². The summed E-state index contributed by atoms with van der Waals surface area (Å²) in [7, 11) is 1.64. The van der Waals surface area contributed by atoms with Gasteiger partial charge in [-0.05, 0) is 12.1 Å². The highest BCUT2D eigenvalue weighted by atomic mass is 16.5. The highest BCUT2D eigenvalue weighted by Crippen LogP contribution is 2.30. The zero-order valence-electron chi connectivity index (χ0n) is 13.9. The van der Waals surface area contributed by atoms with Crippen molar-refractivity contribution in [1.29, 1.82) is 0 Å². The molecule has 0 bridgehead atoms. The molecule has 3 N–H and O–H groups in total. The van der Waals surface area contributed by atoms with Crippen LogP contribution in [0.3, 0.4) is 0 Å². The van der Waals surface area contributed by atoms with E-state index in [4.69, 9.17) is 20.6 Å². The smallest absolute Gasteiger partial charge is 0.172 e. The van der Waals surface area contributed by atoms with Gasteiger partial charge in [-0.1, -0.05) is 12.1 Å². The molecule has 0 amide bonds. The van der Waals surface area contributed by atoms with Crippen LogP contribution >= 0.6 is 0 Å². The van der Waals surface area contributed by atoms with Crippen LogP contribution in [0.1, 0.15) is 0 Å². The Morgan fingerprint density at radius 3 is 2.67 bits per heavy atom. The summed E-state index contributed by atoms with van der Waals surface area (Å²) >= 11 is 0. The molecule has 3 rings (SSSR count). The Morgan fingerprint density at radius 1 is 1.21 bits per heavy atom. The van der Waals surface area contributed by atoms with Crippen molar-refractivity contribution < 1.29 is 9.84 Å². The molecule has 1 saturated heterocycles. The molecule has 0 radical (unpaired) electrons. The summed E-state index contributed by atoms with van der Waals surface area (Å²) in [5.41, 5.74) is 7.70. The van der Waals surface area contributed by atoms with Crippen LogP contribution in [-0.2, 0) is 0 Å². The predicted octanol–water partition coefficient (Wildman–Crippen LogP) is 0.849. The second-order valence-electron chi connectivity index (χ2n) is 5.72. The van der Waals surface area contributed by atoms with E-state index in [1.54, 1.807) is 13.3 Å². The van der Waals surface area contributed by atoms with Crippen LogP contribution in [0.5, 0.6) is 5.75 Å². The van der Waals surface area contributed by atoms with Gasteiger partial charge in [-0.25, -0.2) is 9.97 Å². The summed E-state index contributed by atoms with van der Waals surface area (Å²) in [6.07, 6.45) is 1.68. The number of ether oxygens (including phenoxy) is 1. The van der Waals surface area contributed by atoms with Crippen molar-refractivity contribution in [3.05, 3.63) is 30.5 Å². The second kappa shape index (κ2) is 7.46. The van der Waals surface area contributed by atoms with E-state index >= 15 is 0 Å². The normalized spacial score (nSPS) is 15.5. The van der Waals surface area contributed by atoms with Crippen LogP contribution in [0.15, 0.2) is 30.5 Å². The fraction of sp³-hybridized carbons (Fsp3) is 0.412. The van der Waals surface area contributed by atoms with E-state index in [1.165, 1.54) is 0 Å². The largest absolute Gasteiger partial charge is 0.496 e. The van der Waals surface area contributed by atoms with Gasteiger partial charge in [0.2, 0.25) is 0 Å². The number of methoxy groups -OCH3 is 1. The van der Waals surface area contributed by atoms with Gasteiger partial charge in [-0.3, -0.25) is 4.90 Å². The number of para-hydroxylation sites is 1. The number of rotatable bonds is 5. The predicted molar refractivity (Wildman–Crippen MR) is 94.2 cm³/mol. The quantitative estimate of drug-likeness (QED) is 0.841. The third-order valence-corrected chi connectivity index (χ3v) is 4.25. The monoisotopic (exact) mass is 329 g/mol. The lowest BCUT2D eigenvalue weighted by Gasteiger charge is -2.35. The third kappa shape index (κ3) is 3.42. The van der Waals surface area contributed by atoms with Gasteiger partial charge in [0.1, 0.15) is 5.75 Å². The highest BCUT2D eigenvalue weighted by Gasteiger charge is 2.21. The van der Waals surface area contributed by atoms with Crippen molar-refractivity contribution >= 4 is 11.6 Å². The lowest BCUT2D eigenvalue weighted by molar-refractivity contribution is 0.188. The molecule has 2 aromatic rings. The molecule has 1 aromatic heterocycles. The van der Waals surface area contributed by atoms with Crippen molar-refractivity contribution in [3.8, 4) is 17.0 Å². The summed E-state index contributed by atoms with van der Waals surface area (Å²) in [6, 6.07) is 7.74. The molecule has 1 aliphatic heterocycles. The minimum atomic E-state index is 0.186. The molecule has 0 aliphatic carbocycles. The van der Waals surface area contributed by atoms with E-state index < -0.39 is 0 Å². The zero-order chi connectivity index (χ0) is 16.9. The van der Waals surface area contributed by atoms with E-state index in [-0.39, 0.29) is 6.61 Å². The lowest BCUT2D eigenvalue weighted by atomic mass is 10.1. The summed E-state index contributed by atoms with van der Waals surface area (Å²) in [5, 5.41) is 9.05. The van der Waals surface area contributed by atoms with Crippen LogP contribution < -0.4 is 15.4 Å². The van der Waals surface area contributed by atoms with Gasteiger partial charge in [0.15, 0.2) is 11.6 Å². The highest BCUT2D eigenvalue weighted by molar-refractivity contribution is 5.70. The first-order valence-corrected chi connectivity index (χ1v) is 8.07. The minimum absolute atomic E-state index is 0.186. The summed E-state index contributed by atoms with van der Waals surface area (Å²) in [4.78, 5) is 13.4. The number of nitrogens with zero attached hydrogens (tertiary/aromatic N) is 4. The maximum atomic E-state index is 9.05. The fourth-order valence-electron chi connectivity index (χ4n) is 2.93. The van der Waals surface area contributed by atoms with Crippen LogP contribution in [0.4, 0.5) is 11.6 Å². The molecule has 0 saturated carbocycles. The number of nitrogens with two attached hydrogens (primary N) is 1. The van der Waals surface area contributed by atoms with E-state index in [1.807, 2.05) is 24.3 Å². The molecule has 0 atom stereocenters. The second-order valence-corrected chi connectivity index (χ2v) is 5.72. The van der Waals surface area contributed by atoms with Gasteiger partial charge in [-0.15, -0.1) is 0 Å². The standard InChI is InChI=1S/C17H23N5O2/c1-24-15-5-3-2-4-13(15)14-12-19-16(18)17(20-14)22-8-6-21(7-9-22)10-11-23/h2-5,12,23H,6-11H2,1H3,(H2,18,19). The third-order valence-electron chi connectivity index (χ3n) is 4.25. The van der Waals surface area contributed by atoms with E-state index in [0.29, 0.717) is 18.2 Å². The topological polar surface area (TPSA) is 87.7 Å². The van der Waals surface area contributed by atoms with E-state index in [0.717, 1.165) is 43.2 Å². The van der Waals surface area contributed by atoms with Crippen molar-refractivity contribution in [2.75, 3.05) is 57.1 Å². The number of anilines is 2. The Hall–Kier alpha value is -2.38. The molecule has 24 heavy (non-hydrogen) atoms. The number of β-amino-alcohol motifs (C(OH)–C–C–N with tert-alkyl or cyclic N) is 1. The average Bonchev–Trinajstić information content (AvgIpc) is 2.63. The van der Waals surface area contributed by atoms with Crippen molar-refractivity contribution in [1.82, 2.24) is 14.9 Å². The molecule has 0 unspecified atom stereocenters. The molecule has 1 fully saturated rings. The molecule has 2 heterocycles. The Balaban J connectivity index is 1.85. The molecular weight excluding hydrogens is 306 g/mol. The van der Waals surface area contributed by atoms with Crippen LogP contribution in [0.2, 0.25) is 0 Å². The Labute approximate surface area is 141 Å². The number of piperazine rings is 1. The maximum absolute atomic E-state index is 9.05. The first-order chi connectivity index (χ1) is 11.7. The van der Waals surface area contributed by atoms with Crippen LogP contribution in [-0.4, -0.2) is 66.4 Å². The number of hydrogen-bond donors (Lipinski definition) is 2. The Morgan fingerprint density at radius 2 is 1.96 bits per heavy atom. The summed E-state index contributed by atoms with van der Waals surface area (Å²) in [5.74, 6) is 1.90. The van der Waals surface area contributed by atoms with Gasteiger partial charge in [-0.2, -0.15) is 0 Å².